The Kier molecular flexibility index (Phi) is 8.64. The van der Waals surface area contributed by atoms with Crippen molar-refractivity contribution < 1.29 is 19.5 Å². The van der Waals surface area contributed by atoms with Crippen molar-refractivity contribution in [1.29, 1.82) is 0 Å². The second-order valence-electron chi connectivity index (χ2n) is 6.73. The standard InChI is InChI=1S/C21H24N4O4.ClH/c1-29-18-6-4-16(5-7-18)21(27)25-12-10-17(11-13-25)23-19-8-2-15(14-22-19)3-9-20(26)24-28;/h2-9,14,17,28H,10-13H2,1H3,(H,22,23)(H,24,26);1H/b9-3+;. The predicted molar refractivity (Wildman–Crippen MR) is 116 cm³/mol. The van der Waals surface area contributed by atoms with E-state index in [2.05, 4.69) is 10.3 Å². The van der Waals surface area contributed by atoms with Gasteiger partial charge in [0, 0.05) is 37.0 Å². The van der Waals surface area contributed by atoms with E-state index in [4.69, 9.17) is 9.94 Å². The first-order chi connectivity index (χ1) is 14.1. The Bertz CT molecular complexity index is 864. The van der Waals surface area contributed by atoms with Gasteiger partial charge in [-0.2, -0.15) is 0 Å². The highest BCUT2D eigenvalue weighted by Gasteiger charge is 2.23. The van der Waals surface area contributed by atoms with Crippen LogP contribution in [0.5, 0.6) is 5.75 Å². The van der Waals surface area contributed by atoms with Crippen molar-refractivity contribution in [3.05, 3.63) is 59.8 Å². The largest absolute Gasteiger partial charge is 0.497 e. The maximum Gasteiger partial charge on any atom is 0.267 e. The second kappa shape index (κ2) is 11.2. The lowest BCUT2D eigenvalue weighted by Gasteiger charge is -2.32. The molecule has 1 aliphatic rings. The number of hydrogen-bond acceptors (Lipinski definition) is 6. The van der Waals surface area contributed by atoms with Crippen LogP contribution in [-0.2, 0) is 4.79 Å². The number of aromatic nitrogens is 1. The van der Waals surface area contributed by atoms with E-state index < -0.39 is 5.91 Å². The Labute approximate surface area is 181 Å². The topological polar surface area (TPSA) is 104 Å². The molecule has 2 aromatic rings. The number of hydroxylamine groups is 1. The van der Waals surface area contributed by atoms with Crippen LogP contribution >= 0.6 is 12.4 Å². The first kappa shape index (κ1) is 23.2. The van der Waals surface area contributed by atoms with Gasteiger partial charge in [-0.1, -0.05) is 0 Å². The van der Waals surface area contributed by atoms with Gasteiger partial charge >= 0.3 is 0 Å². The van der Waals surface area contributed by atoms with Gasteiger partial charge in [0.2, 0.25) is 0 Å². The molecule has 0 aliphatic carbocycles. The Balaban J connectivity index is 0.00000320. The molecule has 2 amide bonds. The van der Waals surface area contributed by atoms with Crippen LogP contribution in [0.15, 0.2) is 48.7 Å². The number of nitrogens with zero attached hydrogens (tertiary/aromatic N) is 2. The smallest absolute Gasteiger partial charge is 0.267 e. The molecule has 160 valence electrons. The van der Waals surface area contributed by atoms with E-state index in [9.17, 15) is 9.59 Å². The molecule has 30 heavy (non-hydrogen) atoms. The summed E-state index contributed by atoms with van der Waals surface area (Å²) in [6.45, 7) is 1.36. The number of amides is 2. The lowest BCUT2D eigenvalue weighted by Crippen LogP contribution is -2.42. The summed E-state index contributed by atoms with van der Waals surface area (Å²) in [5.41, 5.74) is 2.95. The number of nitrogens with one attached hydrogen (secondary N) is 2. The molecule has 0 saturated carbocycles. The number of anilines is 1. The maximum absolute atomic E-state index is 12.6. The number of rotatable bonds is 6. The Morgan fingerprint density at radius 3 is 2.43 bits per heavy atom. The van der Waals surface area contributed by atoms with Crippen molar-refractivity contribution in [2.75, 3.05) is 25.5 Å². The van der Waals surface area contributed by atoms with E-state index in [1.54, 1.807) is 43.6 Å². The minimum absolute atomic E-state index is 0. The number of likely N-dealkylation sites (tertiary alicyclic amines) is 1. The van der Waals surface area contributed by atoms with Crippen LogP contribution in [-0.4, -0.2) is 53.1 Å². The molecule has 1 aromatic carbocycles. The van der Waals surface area contributed by atoms with E-state index in [1.165, 1.54) is 11.6 Å². The van der Waals surface area contributed by atoms with E-state index in [0.717, 1.165) is 30.0 Å². The first-order valence-electron chi connectivity index (χ1n) is 9.37. The molecule has 0 bridgehead atoms. The number of halogens is 1. The van der Waals surface area contributed by atoms with Gasteiger partial charge in [0.1, 0.15) is 11.6 Å². The highest BCUT2D eigenvalue weighted by Crippen LogP contribution is 2.19. The molecular formula is C21H25ClN4O4. The molecule has 1 fully saturated rings. The van der Waals surface area contributed by atoms with Gasteiger partial charge < -0.3 is 15.0 Å². The zero-order valence-corrected chi connectivity index (χ0v) is 17.4. The molecule has 0 radical (unpaired) electrons. The van der Waals surface area contributed by atoms with Crippen molar-refractivity contribution >= 4 is 36.1 Å². The number of piperidine rings is 1. The molecule has 3 rings (SSSR count). The number of benzene rings is 1. The number of pyridine rings is 1. The molecule has 0 atom stereocenters. The monoisotopic (exact) mass is 432 g/mol. The Hall–Kier alpha value is -3.10. The van der Waals surface area contributed by atoms with Crippen LogP contribution in [0.1, 0.15) is 28.8 Å². The number of carbonyl (C=O) groups is 2. The molecule has 8 nitrogen and oxygen atoms in total. The van der Waals surface area contributed by atoms with Crippen LogP contribution in [0.25, 0.3) is 6.08 Å². The third kappa shape index (κ3) is 6.20. The van der Waals surface area contributed by atoms with E-state index in [-0.39, 0.29) is 24.4 Å². The van der Waals surface area contributed by atoms with Crippen LogP contribution in [0.3, 0.4) is 0 Å². The summed E-state index contributed by atoms with van der Waals surface area (Å²) in [4.78, 5) is 29.8. The van der Waals surface area contributed by atoms with E-state index in [1.807, 2.05) is 17.0 Å². The Morgan fingerprint density at radius 1 is 1.17 bits per heavy atom. The molecule has 0 spiro atoms. The molecule has 9 heteroatoms. The zero-order valence-electron chi connectivity index (χ0n) is 16.6. The summed E-state index contributed by atoms with van der Waals surface area (Å²) in [5, 5.41) is 11.9. The third-order valence-corrected chi connectivity index (χ3v) is 4.79. The van der Waals surface area contributed by atoms with Crippen molar-refractivity contribution in [3.63, 3.8) is 0 Å². The normalized spacial score (nSPS) is 14.1. The molecule has 1 saturated heterocycles. The van der Waals surface area contributed by atoms with Crippen LogP contribution in [0, 0.1) is 0 Å². The number of methoxy groups -OCH3 is 1. The summed E-state index contributed by atoms with van der Waals surface area (Å²) in [6, 6.07) is 11.1. The molecular weight excluding hydrogens is 408 g/mol. The van der Waals surface area contributed by atoms with Crippen LogP contribution in [0.4, 0.5) is 5.82 Å². The summed E-state index contributed by atoms with van der Waals surface area (Å²) in [5.74, 6) is 0.916. The average molecular weight is 433 g/mol. The zero-order chi connectivity index (χ0) is 20.6. The van der Waals surface area contributed by atoms with Gasteiger partial charge in [-0.25, -0.2) is 10.5 Å². The van der Waals surface area contributed by atoms with Crippen LogP contribution < -0.4 is 15.5 Å². The maximum atomic E-state index is 12.6. The number of hydrogen-bond donors (Lipinski definition) is 3. The van der Waals surface area contributed by atoms with E-state index >= 15 is 0 Å². The van der Waals surface area contributed by atoms with Crippen LogP contribution in [0.2, 0.25) is 0 Å². The van der Waals surface area contributed by atoms with Gasteiger partial charge in [-0.15, -0.1) is 12.4 Å². The van der Waals surface area contributed by atoms with Gasteiger partial charge in [0.15, 0.2) is 0 Å². The van der Waals surface area contributed by atoms with Crippen molar-refractivity contribution in [2.45, 2.75) is 18.9 Å². The SMILES string of the molecule is COc1ccc(C(=O)N2CCC(Nc3ccc(/C=C/C(=O)NO)cn3)CC2)cc1.Cl. The van der Waals surface area contributed by atoms with Crippen molar-refractivity contribution in [2.24, 2.45) is 0 Å². The van der Waals surface area contributed by atoms with Gasteiger partial charge in [-0.3, -0.25) is 14.8 Å². The van der Waals surface area contributed by atoms with Gasteiger partial charge in [0.05, 0.1) is 7.11 Å². The van der Waals surface area contributed by atoms with Gasteiger partial charge in [-0.05, 0) is 60.9 Å². The quantitative estimate of drug-likeness (QED) is 0.368. The summed E-state index contributed by atoms with van der Waals surface area (Å²) in [6.07, 6.45) is 6.10. The fourth-order valence-electron chi connectivity index (χ4n) is 3.15. The molecule has 3 N–H and O–H groups in total. The minimum atomic E-state index is -0.594. The van der Waals surface area contributed by atoms with Crippen molar-refractivity contribution in [1.82, 2.24) is 15.4 Å². The Morgan fingerprint density at radius 2 is 1.87 bits per heavy atom. The summed E-state index contributed by atoms with van der Waals surface area (Å²) < 4.78 is 5.13. The number of ether oxygens (including phenoxy) is 1. The summed E-state index contributed by atoms with van der Waals surface area (Å²) in [7, 11) is 1.60. The molecule has 0 unspecified atom stereocenters. The summed E-state index contributed by atoms with van der Waals surface area (Å²) >= 11 is 0. The van der Waals surface area contributed by atoms with Crippen molar-refractivity contribution in [3.8, 4) is 5.75 Å². The fraction of sp³-hybridized carbons (Fsp3) is 0.286. The fourth-order valence-corrected chi connectivity index (χ4v) is 3.15. The first-order valence-corrected chi connectivity index (χ1v) is 9.37. The van der Waals surface area contributed by atoms with Gasteiger partial charge in [0.25, 0.3) is 11.8 Å². The minimum Gasteiger partial charge on any atom is -0.497 e. The van der Waals surface area contributed by atoms with E-state index in [0.29, 0.717) is 18.7 Å². The molecule has 1 aromatic heterocycles. The highest BCUT2D eigenvalue weighted by atomic mass is 35.5. The lowest BCUT2D eigenvalue weighted by molar-refractivity contribution is -0.124. The molecule has 2 heterocycles. The lowest BCUT2D eigenvalue weighted by atomic mass is 10.0. The molecule has 1 aliphatic heterocycles. The number of carbonyl (C=O) groups excluding carboxylic acids is 2. The predicted octanol–water partition coefficient (Wildman–Crippen LogP) is 2.75. The average Bonchev–Trinajstić information content (AvgIpc) is 2.78. The second-order valence-corrected chi connectivity index (χ2v) is 6.73. The third-order valence-electron chi connectivity index (χ3n) is 4.79. The highest BCUT2D eigenvalue weighted by molar-refractivity contribution is 5.94.